The molecule has 1 rings (SSSR count). The van der Waals surface area contributed by atoms with Crippen LogP contribution in [-0.2, 0) is 10.0 Å². The Labute approximate surface area is 103 Å². The Kier molecular flexibility index (Phi) is 4.06. The molecule has 0 aliphatic heterocycles. The molecule has 84 valence electrons. The molecule has 4 nitrogen and oxygen atoms in total. The first kappa shape index (κ1) is 12.8. The van der Waals surface area contributed by atoms with Crippen molar-refractivity contribution in [1.82, 2.24) is 4.98 Å². The van der Waals surface area contributed by atoms with Gasteiger partial charge in [-0.1, -0.05) is 23.2 Å². The van der Waals surface area contributed by atoms with Crippen LogP contribution in [0.3, 0.4) is 0 Å². The molecular formula is C7H7Cl3N2O2S. The molecule has 0 aliphatic rings. The van der Waals surface area contributed by atoms with Gasteiger partial charge in [-0.2, -0.15) is 0 Å². The Morgan fingerprint density at radius 1 is 1.47 bits per heavy atom. The Hall–Kier alpha value is -0.230. The smallest absolute Gasteiger partial charge is 0.246 e. The number of rotatable bonds is 3. The van der Waals surface area contributed by atoms with Gasteiger partial charge in [0.25, 0.3) is 0 Å². The summed E-state index contributed by atoms with van der Waals surface area (Å²) >= 11 is 16.6. The van der Waals surface area contributed by atoms with Gasteiger partial charge in [0.2, 0.25) is 10.0 Å². The van der Waals surface area contributed by atoms with Crippen molar-refractivity contribution < 1.29 is 8.42 Å². The van der Waals surface area contributed by atoms with Crippen LogP contribution in [0, 0.1) is 6.92 Å². The van der Waals surface area contributed by atoms with Crippen LogP contribution in [0.1, 0.15) is 5.56 Å². The molecule has 0 aromatic carbocycles. The molecular weight excluding hydrogens is 283 g/mol. The zero-order chi connectivity index (χ0) is 11.6. The number of halogens is 3. The van der Waals surface area contributed by atoms with Gasteiger partial charge in [-0.05, 0) is 18.6 Å². The van der Waals surface area contributed by atoms with Gasteiger partial charge in [-0.15, -0.1) is 11.6 Å². The topological polar surface area (TPSA) is 59.1 Å². The average molecular weight is 290 g/mol. The zero-order valence-electron chi connectivity index (χ0n) is 7.59. The first-order valence-electron chi connectivity index (χ1n) is 3.75. The van der Waals surface area contributed by atoms with Crippen LogP contribution in [0.4, 0.5) is 5.69 Å². The molecule has 0 saturated carbocycles. The molecule has 0 fully saturated rings. The van der Waals surface area contributed by atoms with E-state index in [0.717, 1.165) is 0 Å². The van der Waals surface area contributed by atoms with E-state index < -0.39 is 15.2 Å². The molecule has 0 bridgehead atoms. The minimum Gasteiger partial charge on any atom is -0.279 e. The number of alkyl halides is 1. The Balaban J connectivity index is 3.17. The number of aromatic nitrogens is 1. The maximum Gasteiger partial charge on any atom is 0.246 e. The van der Waals surface area contributed by atoms with Crippen molar-refractivity contribution in [3.8, 4) is 0 Å². The van der Waals surface area contributed by atoms with E-state index in [9.17, 15) is 8.42 Å². The zero-order valence-corrected chi connectivity index (χ0v) is 10.7. The van der Waals surface area contributed by atoms with E-state index >= 15 is 0 Å². The van der Waals surface area contributed by atoms with Gasteiger partial charge in [0.15, 0.2) is 5.15 Å². The van der Waals surface area contributed by atoms with E-state index in [1.54, 1.807) is 6.92 Å². The highest BCUT2D eigenvalue weighted by molar-refractivity contribution is 7.93. The monoisotopic (exact) mass is 288 g/mol. The summed E-state index contributed by atoms with van der Waals surface area (Å²) in [6.07, 6.45) is 0. The molecule has 15 heavy (non-hydrogen) atoms. The third-order valence-electron chi connectivity index (χ3n) is 1.54. The van der Waals surface area contributed by atoms with Gasteiger partial charge in [0, 0.05) is 0 Å². The maximum atomic E-state index is 11.2. The molecule has 0 unspecified atom stereocenters. The Bertz CT molecular complexity index is 452. The molecule has 0 saturated heterocycles. The second-order valence-electron chi connectivity index (χ2n) is 2.75. The number of pyridine rings is 1. The summed E-state index contributed by atoms with van der Waals surface area (Å²) in [5, 5.41) is -0.356. The Morgan fingerprint density at radius 2 is 2.07 bits per heavy atom. The number of anilines is 1. The minimum absolute atomic E-state index is 0.00584. The number of hydrogen-bond donors (Lipinski definition) is 1. The fraction of sp³-hybridized carbons (Fsp3) is 0.286. The van der Waals surface area contributed by atoms with Crippen molar-refractivity contribution in [3.05, 3.63) is 21.9 Å². The molecule has 1 aromatic heterocycles. The third kappa shape index (κ3) is 3.38. The predicted octanol–water partition coefficient (Wildman–Crippen LogP) is 2.63. The summed E-state index contributed by atoms with van der Waals surface area (Å²) < 4.78 is 24.6. The number of sulfonamides is 1. The van der Waals surface area contributed by atoms with E-state index in [1.807, 2.05) is 0 Å². The summed E-state index contributed by atoms with van der Waals surface area (Å²) in [5.41, 5.74) is 0.774. The highest BCUT2D eigenvalue weighted by Crippen LogP contribution is 2.27. The molecule has 1 N–H and O–H groups in total. The fourth-order valence-corrected chi connectivity index (χ4v) is 2.32. The van der Waals surface area contributed by atoms with E-state index in [0.29, 0.717) is 5.56 Å². The van der Waals surface area contributed by atoms with E-state index in [2.05, 4.69) is 9.71 Å². The van der Waals surface area contributed by atoms with Crippen LogP contribution in [-0.4, -0.2) is 18.6 Å². The molecule has 0 spiro atoms. The van der Waals surface area contributed by atoms with Gasteiger partial charge in [-0.25, -0.2) is 13.4 Å². The van der Waals surface area contributed by atoms with Crippen LogP contribution in [0.15, 0.2) is 6.07 Å². The van der Waals surface area contributed by atoms with E-state index in [1.165, 1.54) is 6.07 Å². The number of hydrogen-bond acceptors (Lipinski definition) is 3. The van der Waals surface area contributed by atoms with Crippen molar-refractivity contribution in [2.75, 3.05) is 9.93 Å². The standard InChI is InChI=1S/C7H7Cl3N2O2S/c1-4-2-5(9)11-7(10)6(4)12-15(13,14)3-8/h2,12H,3H2,1H3. The van der Waals surface area contributed by atoms with Gasteiger partial charge in [0.05, 0.1) is 5.69 Å². The number of nitrogens with zero attached hydrogens (tertiary/aromatic N) is 1. The lowest BCUT2D eigenvalue weighted by Crippen LogP contribution is -2.15. The summed E-state index contributed by atoms with van der Waals surface area (Å²) in [6, 6.07) is 1.50. The van der Waals surface area contributed by atoms with Crippen molar-refractivity contribution in [2.24, 2.45) is 0 Å². The van der Waals surface area contributed by atoms with Crippen LogP contribution in [0.5, 0.6) is 0 Å². The Morgan fingerprint density at radius 3 is 2.53 bits per heavy atom. The average Bonchev–Trinajstić information content (AvgIpc) is 2.11. The van der Waals surface area contributed by atoms with Crippen molar-refractivity contribution in [1.29, 1.82) is 0 Å². The van der Waals surface area contributed by atoms with Gasteiger partial charge in [0.1, 0.15) is 10.4 Å². The van der Waals surface area contributed by atoms with Crippen LogP contribution >= 0.6 is 34.8 Å². The van der Waals surface area contributed by atoms with Gasteiger partial charge in [-0.3, -0.25) is 4.72 Å². The predicted molar refractivity (Wildman–Crippen MR) is 62.3 cm³/mol. The van der Waals surface area contributed by atoms with Crippen molar-refractivity contribution >= 4 is 50.5 Å². The summed E-state index contributed by atoms with van der Waals surface area (Å²) in [6.45, 7) is 1.66. The molecule has 0 aliphatic carbocycles. The molecule has 0 atom stereocenters. The molecule has 8 heteroatoms. The van der Waals surface area contributed by atoms with Crippen LogP contribution in [0.2, 0.25) is 10.3 Å². The highest BCUT2D eigenvalue weighted by Gasteiger charge is 2.14. The maximum absolute atomic E-state index is 11.2. The normalized spacial score (nSPS) is 11.5. The van der Waals surface area contributed by atoms with Crippen LogP contribution in [0.25, 0.3) is 0 Å². The summed E-state index contributed by atoms with van der Waals surface area (Å²) in [7, 11) is -3.58. The third-order valence-corrected chi connectivity index (χ3v) is 3.67. The van der Waals surface area contributed by atoms with Gasteiger partial charge < -0.3 is 0 Å². The second kappa shape index (κ2) is 4.74. The first-order valence-corrected chi connectivity index (χ1v) is 6.69. The number of nitrogens with one attached hydrogen (secondary N) is 1. The molecule has 1 aromatic rings. The molecule has 0 amide bonds. The van der Waals surface area contributed by atoms with E-state index in [-0.39, 0.29) is 16.0 Å². The summed E-state index contributed by atoms with van der Waals surface area (Å²) in [4.78, 5) is 3.71. The quantitative estimate of drug-likeness (QED) is 0.687. The lowest BCUT2D eigenvalue weighted by Gasteiger charge is -2.09. The van der Waals surface area contributed by atoms with Gasteiger partial charge >= 0.3 is 0 Å². The lowest BCUT2D eigenvalue weighted by molar-refractivity contribution is 0.605. The summed E-state index contributed by atoms with van der Waals surface area (Å²) in [5.74, 6) is 0. The van der Waals surface area contributed by atoms with E-state index in [4.69, 9.17) is 34.8 Å². The fourth-order valence-electron chi connectivity index (χ4n) is 0.901. The van der Waals surface area contributed by atoms with Crippen LogP contribution < -0.4 is 4.72 Å². The SMILES string of the molecule is Cc1cc(Cl)nc(Cl)c1NS(=O)(=O)CCl. The number of aryl methyl sites for hydroxylation is 1. The first-order chi connectivity index (χ1) is 6.85. The highest BCUT2D eigenvalue weighted by atomic mass is 35.5. The van der Waals surface area contributed by atoms with Crippen molar-refractivity contribution in [2.45, 2.75) is 6.92 Å². The minimum atomic E-state index is -3.58. The largest absolute Gasteiger partial charge is 0.279 e. The molecule has 1 heterocycles. The van der Waals surface area contributed by atoms with Crippen molar-refractivity contribution in [3.63, 3.8) is 0 Å². The molecule has 0 radical (unpaired) electrons. The lowest BCUT2D eigenvalue weighted by atomic mass is 10.3. The second-order valence-corrected chi connectivity index (χ2v) is 5.81.